The standard InChI is InChI=1S/C17H22FNO2/c1-10-2-4-11(5-3-10)17(21)13-8-12-6-7-16(20)19-15(12)9-14(13)18/h8-11,17,21H,2-7H2,1H3,(H,19,20). The Balaban J connectivity index is 1.83. The average Bonchev–Trinajstić information content (AvgIpc) is 2.46. The Morgan fingerprint density at radius 3 is 2.67 bits per heavy atom. The molecule has 2 N–H and O–H groups in total. The minimum Gasteiger partial charge on any atom is -0.388 e. The van der Waals surface area contributed by atoms with Crippen LogP contribution in [0.2, 0.25) is 0 Å². The van der Waals surface area contributed by atoms with Gasteiger partial charge in [0.05, 0.1) is 6.10 Å². The van der Waals surface area contributed by atoms with Crippen LogP contribution >= 0.6 is 0 Å². The van der Waals surface area contributed by atoms with Crippen LogP contribution in [0.15, 0.2) is 12.1 Å². The second kappa shape index (κ2) is 5.76. The molecule has 3 nitrogen and oxygen atoms in total. The van der Waals surface area contributed by atoms with Crippen LogP contribution in [-0.2, 0) is 11.2 Å². The topological polar surface area (TPSA) is 49.3 Å². The smallest absolute Gasteiger partial charge is 0.224 e. The van der Waals surface area contributed by atoms with E-state index in [1.54, 1.807) is 6.07 Å². The molecule has 1 aromatic rings. The van der Waals surface area contributed by atoms with Crippen molar-refractivity contribution in [2.45, 2.75) is 51.6 Å². The van der Waals surface area contributed by atoms with Gasteiger partial charge in [0, 0.05) is 17.7 Å². The Bertz CT molecular complexity index is 550. The zero-order valence-electron chi connectivity index (χ0n) is 12.4. The van der Waals surface area contributed by atoms with Crippen molar-refractivity contribution in [1.82, 2.24) is 0 Å². The summed E-state index contributed by atoms with van der Waals surface area (Å²) in [5.74, 6) is 0.363. The maximum atomic E-state index is 14.3. The summed E-state index contributed by atoms with van der Waals surface area (Å²) in [4.78, 5) is 11.4. The second-order valence-corrected chi connectivity index (χ2v) is 6.54. The summed E-state index contributed by atoms with van der Waals surface area (Å²) in [6.45, 7) is 2.23. The number of halogens is 1. The van der Waals surface area contributed by atoms with Gasteiger partial charge in [-0.2, -0.15) is 0 Å². The molecular formula is C17H22FNO2. The van der Waals surface area contributed by atoms with Crippen molar-refractivity contribution in [2.24, 2.45) is 11.8 Å². The highest BCUT2D eigenvalue weighted by Gasteiger charge is 2.29. The van der Waals surface area contributed by atoms with Crippen LogP contribution in [0.4, 0.5) is 10.1 Å². The molecule has 21 heavy (non-hydrogen) atoms. The third-order valence-corrected chi connectivity index (χ3v) is 4.94. The summed E-state index contributed by atoms with van der Waals surface area (Å²) in [6.07, 6.45) is 4.41. The maximum Gasteiger partial charge on any atom is 0.224 e. The van der Waals surface area contributed by atoms with Gasteiger partial charge in [-0.15, -0.1) is 0 Å². The fourth-order valence-electron chi connectivity index (χ4n) is 3.50. The monoisotopic (exact) mass is 291 g/mol. The molecule has 0 aromatic heterocycles. The molecule has 1 heterocycles. The first-order valence-corrected chi connectivity index (χ1v) is 7.85. The van der Waals surface area contributed by atoms with Crippen LogP contribution in [0, 0.1) is 17.7 Å². The van der Waals surface area contributed by atoms with Gasteiger partial charge in [-0.05, 0) is 48.8 Å². The minimum absolute atomic E-state index is 0.0727. The third kappa shape index (κ3) is 2.95. The lowest BCUT2D eigenvalue weighted by Gasteiger charge is -2.31. The number of aryl methyl sites for hydroxylation is 1. The van der Waals surface area contributed by atoms with E-state index in [2.05, 4.69) is 12.2 Å². The number of rotatable bonds is 2. The normalized spacial score (nSPS) is 26.9. The van der Waals surface area contributed by atoms with Gasteiger partial charge < -0.3 is 10.4 Å². The number of fused-ring (bicyclic) bond motifs is 1. The molecule has 1 aromatic carbocycles. The molecule has 1 aliphatic heterocycles. The van der Waals surface area contributed by atoms with Crippen LogP contribution < -0.4 is 5.32 Å². The Morgan fingerprint density at radius 1 is 1.24 bits per heavy atom. The Kier molecular flexibility index (Phi) is 3.98. The molecule has 1 aliphatic carbocycles. The molecule has 4 heteroatoms. The fourth-order valence-corrected chi connectivity index (χ4v) is 3.50. The van der Waals surface area contributed by atoms with Gasteiger partial charge in [-0.25, -0.2) is 4.39 Å². The summed E-state index contributed by atoms with van der Waals surface area (Å²) < 4.78 is 14.3. The van der Waals surface area contributed by atoms with E-state index in [4.69, 9.17) is 0 Å². The van der Waals surface area contributed by atoms with Gasteiger partial charge in [0.1, 0.15) is 5.82 Å². The van der Waals surface area contributed by atoms with Crippen molar-refractivity contribution in [2.75, 3.05) is 5.32 Å². The van der Waals surface area contributed by atoms with Crippen molar-refractivity contribution in [1.29, 1.82) is 0 Å². The Labute approximate surface area is 124 Å². The summed E-state index contributed by atoms with van der Waals surface area (Å²) in [7, 11) is 0. The maximum absolute atomic E-state index is 14.3. The van der Waals surface area contributed by atoms with Gasteiger partial charge in [0.15, 0.2) is 0 Å². The van der Waals surface area contributed by atoms with Gasteiger partial charge in [-0.3, -0.25) is 4.79 Å². The number of carbonyl (C=O) groups excluding carboxylic acids is 1. The van der Waals surface area contributed by atoms with Gasteiger partial charge in [-0.1, -0.05) is 19.8 Å². The van der Waals surface area contributed by atoms with Crippen LogP contribution in [0.1, 0.15) is 56.3 Å². The highest BCUT2D eigenvalue weighted by Crippen LogP contribution is 2.39. The quantitative estimate of drug-likeness (QED) is 0.875. The lowest BCUT2D eigenvalue weighted by Crippen LogP contribution is -2.22. The lowest BCUT2D eigenvalue weighted by molar-refractivity contribution is -0.116. The largest absolute Gasteiger partial charge is 0.388 e. The van der Waals surface area contributed by atoms with Crippen LogP contribution in [0.3, 0.4) is 0 Å². The van der Waals surface area contributed by atoms with Crippen LogP contribution in [0.25, 0.3) is 0 Å². The summed E-state index contributed by atoms with van der Waals surface area (Å²) in [5.41, 5.74) is 1.87. The van der Waals surface area contributed by atoms with Gasteiger partial charge >= 0.3 is 0 Å². The molecule has 1 unspecified atom stereocenters. The van der Waals surface area contributed by atoms with E-state index in [0.29, 0.717) is 30.0 Å². The first-order chi connectivity index (χ1) is 10.0. The first kappa shape index (κ1) is 14.5. The molecular weight excluding hydrogens is 269 g/mol. The summed E-state index contributed by atoms with van der Waals surface area (Å²) in [5, 5.41) is 13.2. The van der Waals surface area contributed by atoms with E-state index in [1.165, 1.54) is 6.07 Å². The minimum atomic E-state index is -0.736. The number of hydrogen-bond acceptors (Lipinski definition) is 2. The molecule has 3 rings (SSSR count). The number of amides is 1. The van der Waals surface area contributed by atoms with Crippen LogP contribution in [-0.4, -0.2) is 11.0 Å². The zero-order chi connectivity index (χ0) is 15.0. The van der Waals surface area contributed by atoms with E-state index in [-0.39, 0.29) is 11.8 Å². The van der Waals surface area contributed by atoms with Crippen molar-refractivity contribution in [3.63, 3.8) is 0 Å². The predicted octanol–water partition coefficient (Wildman–Crippen LogP) is 3.57. The molecule has 0 bridgehead atoms. The number of nitrogens with one attached hydrogen (secondary N) is 1. The zero-order valence-corrected chi connectivity index (χ0v) is 12.4. The van der Waals surface area contributed by atoms with Crippen molar-refractivity contribution in [3.05, 3.63) is 29.1 Å². The fraction of sp³-hybridized carbons (Fsp3) is 0.588. The van der Waals surface area contributed by atoms with Crippen LogP contribution in [0.5, 0.6) is 0 Å². The molecule has 114 valence electrons. The number of anilines is 1. The van der Waals surface area contributed by atoms with E-state index in [9.17, 15) is 14.3 Å². The predicted molar refractivity (Wildman–Crippen MR) is 79.4 cm³/mol. The van der Waals surface area contributed by atoms with E-state index >= 15 is 0 Å². The molecule has 0 saturated heterocycles. The number of carbonyl (C=O) groups is 1. The number of aliphatic hydroxyl groups is 1. The van der Waals surface area contributed by atoms with Crippen molar-refractivity contribution < 1.29 is 14.3 Å². The molecule has 1 amide bonds. The molecule has 1 saturated carbocycles. The first-order valence-electron chi connectivity index (χ1n) is 7.85. The molecule has 1 fully saturated rings. The van der Waals surface area contributed by atoms with E-state index in [1.807, 2.05) is 0 Å². The van der Waals surface area contributed by atoms with E-state index < -0.39 is 11.9 Å². The Hall–Kier alpha value is -1.42. The molecule has 2 aliphatic rings. The SMILES string of the molecule is CC1CCC(C(O)c2cc3c(cc2F)NC(=O)CC3)CC1. The molecule has 0 spiro atoms. The van der Waals surface area contributed by atoms with Crippen molar-refractivity contribution in [3.8, 4) is 0 Å². The second-order valence-electron chi connectivity index (χ2n) is 6.54. The molecule has 0 radical (unpaired) electrons. The van der Waals surface area contributed by atoms with Crippen molar-refractivity contribution >= 4 is 11.6 Å². The number of hydrogen-bond donors (Lipinski definition) is 2. The van der Waals surface area contributed by atoms with Gasteiger partial charge in [0.2, 0.25) is 5.91 Å². The van der Waals surface area contributed by atoms with E-state index in [0.717, 1.165) is 31.2 Å². The number of aliphatic hydroxyl groups excluding tert-OH is 1. The third-order valence-electron chi connectivity index (χ3n) is 4.94. The summed E-state index contributed by atoms with van der Waals surface area (Å²) >= 11 is 0. The lowest BCUT2D eigenvalue weighted by atomic mass is 9.78. The highest BCUT2D eigenvalue weighted by molar-refractivity contribution is 5.93. The average molecular weight is 291 g/mol. The summed E-state index contributed by atoms with van der Waals surface area (Å²) in [6, 6.07) is 3.10. The Morgan fingerprint density at radius 2 is 1.95 bits per heavy atom. The van der Waals surface area contributed by atoms with Gasteiger partial charge in [0.25, 0.3) is 0 Å². The number of benzene rings is 1. The highest BCUT2D eigenvalue weighted by atomic mass is 19.1. The molecule has 1 atom stereocenters.